The summed E-state index contributed by atoms with van der Waals surface area (Å²) in [5.41, 5.74) is 0.555. The van der Waals surface area contributed by atoms with Crippen LogP contribution in [0.15, 0.2) is 0 Å². The number of carbonyl (C=O) groups excluding carboxylic acids is 1. The van der Waals surface area contributed by atoms with Crippen molar-refractivity contribution in [1.82, 2.24) is 4.90 Å². The summed E-state index contributed by atoms with van der Waals surface area (Å²) < 4.78 is 10.8. The molecule has 3 aliphatic rings. The van der Waals surface area contributed by atoms with E-state index in [0.29, 0.717) is 25.2 Å². The summed E-state index contributed by atoms with van der Waals surface area (Å²) in [5, 5.41) is 0. The van der Waals surface area contributed by atoms with Crippen LogP contribution in [0.5, 0.6) is 0 Å². The summed E-state index contributed by atoms with van der Waals surface area (Å²) in [6.07, 6.45) is 8.93. The summed E-state index contributed by atoms with van der Waals surface area (Å²) >= 11 is 0. The highest BCUT2D eigenvalue weighted by Crippen LogP contribution is 2.44. The number of likely N-dealkylation sites (tertiary alicyclic amines) is 1. The van der Waals surface area contributed by atoms with Crippen molar-refractivity contribution < 1.29 is 14.3 Å². The first-order valence-corrected chi connectivity index (χ1v) is 7.77. The van der Waals surface area contributed by atoms with Crippen molar-refractivity contribution in [3.8, 4) is 0 Å². The minimum absolute atomic E-state index is 0.144. The van der Waals surface area contributed by atoms with E-state index in [-0.39, 0.29) is 12.0 Å². The number of nitrogens with zero attached hydrogens (tertiary/aromatic N) is 1. The highest BCUT2D eigenvalue weighted by Gasteiger charge is 2.38. The molecular formula is C15H25NO3. The van der Waals surface area contributed by atoms with Gasteiger partial charge in [0.2, 0.25) is 0 Å². The van der Waals surface area contributed by atoms with Crippen molar-refractivity contribution in [2.45, 2.75) is 51.0 Å². The van der Waals surface area contributed by atoms with Gasteiger partial charge in [0.05, 0.1) is 19.8 Å². The van der Waals surface area contributed by atoms with Crippen LogP contribution >= 0.6 is 0 Å². The standard InChI is InChI=1S/C15H25NO3/c17-14(13-12-18-10-11-19-13)16-8-6-15(7-9-16)4-2-1-3-5-15/h13H,1-12H2/t13-/m0/s1. The van der Waals surface area contributed by atoms with Crippen LogP contribution < -0.4 is 0 Å². The number of rotatable bonds is 1. The molecule has 2 saturated heterocycles. The van der Waals surface area contributed by atoms with Crippen LogP contribution in [0.1, 0.15) is 44.9 Å². The van der Waals surface area contributed by atoms with Gasteiger partial charge in [-0.1, -0.05) is 19.3 Å². The normalized spacial score (nSPS) is 31.4. The molecule has 4 heteroatoms. The smallest absolute Gasteiger partial charge is 0.254 e. The van der Waals surface area contributed by atoms with Gasteiger partial charge in [-0.3, -0.25) is 4.79 Å². The van der Waals surface area contributed by atoms with Crippen LogP contribution in [0, 0.1) is 5.41 Å². The highest BCUT2D eigenvalue weighted by atomic mass is 16.6. The second-order valence-corrected chi connectivity index (χ2v) is 6.32. The van der Waals surface area contributed by atoms with E-state index < -0.39 is 0 Å². The average molecular weight is 267 g/mol. The van der Waals surface area contributed by atoms with Crippen molar-refractivity contribution in [3.05, 3.63) is 0 Å². The third-order valence-corrected chi connectivity index (χ3v) is 5.14. The summed E-state index contributed by atoms with van der Waals surface area (Å²) in [5.74, 6) is 0.144. The number of piperidine rings is 1. The Kier molecular flexibility index (Phi) is 4.08. The second-order valence-electron chi connectivity index (χ2n) is 6.32. The predicted molar refractivity (Wildman–Crippen MR) is 71.9 cm³/mol. The fourth-order valence-electron chi connectivity index (χ4n) is 3.84. The number of hydrogen-bond acceptors (Lipinski definition) is 3. The van der Waals surface area contributed by atoms with Gasteiger partial charge < -0.3 is 14.4 Å². The van der Waals surface area contributed by atoms with Crippen molar-refractivity contribution in [2.24, 2.45) is 5.41 Å². The van der Waals surface area contributed by atoms with E-state index in [1.54, 1.807) is 0 Å². The third kappa shape index (κ3) is 2.95. The minimum atomic E-state index is -0.353. The van der Waals surface area contributed by atoms with Crippen LogP contribution in [0.2, 0.25) is 0 Å². The monoisotopic (exact) mass is 267 g/mol. The first-order valence-electron chi connectivity index (χ1n) is 7.77. The zero-order valence-corrected chi connectivity index (χ0v) is 11.7. The zero-order valence-electron chi connectivity index (χ0n) is 11.7. The molecule has 2 heterocycles. The van der Waals surface area contributed by atoms with E-state index in [2.05, 4.69) is 0 Å². The fraction of sp³-hybridized carbons (Fsp3) is 0.933. The topological polar surface area (TPSA) is 38.8 Å². The molecule has 0 aromatic heterocycles. The van der Waals surface area contributed by atoms with Crippen molar-refractivity contribution in [2.75, 3.05) is 32.9 Å². The van der Waals surface area contributed by atoms with Gasteiger partial charge in [0, 0.05) is 13.1 Å². The molecule has 2 aliphatic heterocycles. The molecule has 1 amide bonds. The number of hydrogen-bond donors (Lipinski definition) is 0. The molecule has 1 aliphatic carbocycles. The van der Waals surface area contributed by atoms with Crippen LogP contribution in [-0.2, 0) is 14.3 Å². The lowest BCUT2D eigenvalue weighted by Gasteiger charge is -2.45. The maximum Gasteiger partial charge on any atom is 0.254 e. The fourth-order valence-corrected chi connectivity index (χ4v) is 3.84. The molecule has 0 aromatic carbocycles. The molecule has 0 unspecified atom stereocenters. The van der Waals surface area contributed by atoms with Gasteiger partial charge in [-0.15, -0.1) is 0 Å². The van der Waals surface area contributed by atoms with Gasteiger partial charge in [-0.2, -0.15) is 0 Å². The van der Waals surface area contributed by atoms with Crippen LogP contribution in [0.4, 0.5) is 0 Å². The van der Waals surface area contributed by atoms with Crippen LogP contribution in [0.3, 0.4) is 0 Å². The molecule has 3 rings (SSSR count). The summed E-state index contributed by atoms with van der Waals surface area (Å²) in [6.45, 7) is 3.43. The van der Waals surface area contributed by atoms with E-state index >= 15 is 0 Å². The Labute approximate surface area is 115 Å². The number of ether oxygens (including phenoxy) is 2. The van der Waals surface area contributed by atoms with E-state index in [1.807, 2.05) is 4.90 Å². The van der Waals surface area contributed by atoms with E-state index in [4.69, 9.17) is 9.47 Å². The Morgan fingerprint density at radius 3 is 2.37 bits per heavy atom. The molecular weight excluding hydrogens is 242 g/mol. The molecule has 0 radical (unpaired) electrons. The Hall–Kier alpha value is -0.610. The molecule has 108 valence electrons. The predicted octanol–water partition coefficient (Wildman–Crippen LogP) is 1.97. The van der Waals surface area contributed by atoms with E-state index in [9.17, 15) is 4.79 Å². The Morgan fingerprint density at radius 2 is 1.74 bits per heavy atom. The molecule has 0 N–H and O–H groups in total. The number of carbonyl (C=O) groups is 1. The van der Waals surface area contributed by atoms with Crippen LogP contribution in [-0.4, -0.2) is 49.8 Å². The molecule has 1 saturated carbocycles. The molecule has 0 aromatic rings. The van der Waals surface area contributed by atoms with E-state index in [0.717, 1.165) is 13.1 Å². The largest absolute Gasteiger partial charge is 0.376 e. The molecule has 0 bridgehead atoms. The Morgan fingerprint density at radius 1 is 1.00 bits per heavy atom. The van der Waals surface area contributed by atoms with Gasteiger partial charge in [0.15, 0.2) is 6.10 Å². The van der Waals surface area contributed by atoms with Gasteiger partial charge in [0.1, 0.15) is 0 Å². The summed E-state index contributed by atoms with van der Waals surface area (Å²) in [7, 11) is 0. The average Bonchev–Trinajstić information content (AvgIpc) is 2.49. The quantitative estimate of drug-likeness (QED) is 0.729. The lowest BCUT2D eigenvalue weighted by atomic mass is 9.68. The lowest BCUT2D eigenvalue weighted by molar-refractivity contribution is -0.160. The van der Waals surface area contributed by atoms with Gasteiger partial charge in [-0.05, 0) is 31.1 Å². The molecule has 4 nitrogen and oxygen atoms in total. The maximum absolute atomic E-state index is 12.3. The molecule has 19 heavy (non-hydrogen) atoms. The SMILES string of the molecule is O=C([C@@H]1COCCO1)N1CCC2(CCCCC2)CC1. The number of amides is 1. The Bertz CT molecular complexity index is 309. The van der Waals surface area contributed by atoms with Crippen molar-refractivity contribution >= 4 is 5.91 Å². The molecule has 1 atom stereocenters. The Balaban J connectivity index is 1.52. The molecule has 3 fully saturated rings. The van der Waals surface area contributed by atoms with Crippen LogP contribution in [0.25, 0.3) is 0 Å². The summed E-state index contributed by atoms with van der Waals surface area (Å²) in [6, 6.07) is 0. The summed E-state index contributed by atoms with van der Waals surface area (Å²) in [4.78, 5) is 14.3. The maximum atomic E-state index is 12.3. The third-order valence-electron chi connectivity index (χ3n) is 5.14. The van der Waals surface area contributed by atoms with E-state index in [1.165, 1.54) is 44.9 Å². The van der Waals surface area contributed by atoms with Gasteiger partial charge in [-0.25, -0.2) is 0 Å². The first-order chi connectivity index (χ1) is 9.29. The van der Waals surface area contributed by atoms with Crippen molar-refractivity contribution in [3.63, 3.8) is 0 Å². The lowest BCUT2D eigenvalue weighted by Crippen LogP contribution is -2.50. The highest BCUT2D eigenvalue weighted by molar-refractivity contribution is 5.81. The molecule has 1 spiro atoms. The van der Waals surface area contributed by atoms with Gasteiger partial charge in [0.25, 0.3) is 5.91 Å². The van der Waals surface area contributed by atoms with Gasteiger partial charge >= 0.3 is 0 Å². The first kappa shape index (κ1) is 13.4. The zero-order chi connectivity index (χ0) is 13.1. The van der Waals surface area contributed by atoms with Crippen molar-refractivity contribution in [1.29, 1.82) is 0 Å². The second kappa shape index (κ2) is 5.80. The minimum Gasteiger partial charge on any atom is -0.376 e.